The third-order valence-electron chi connectivity index (χ3n) is 5.41. The van der Waals surface area contributed by atoms with Gasteiger partial charge < -0.3 is 0 Å². The number of nitrogens with zero attached hydrogens (tertiary/aromatic N) is 2. The second kappa shape index (κ2) is 4.27. The molecule has 4 heterocycles. The number of rotatable bonds is 1. The lowest BCUT2D eigenvalue weighted by Gasteiger charge is -2.42. The number of ketones is 1. The van der Waals surface area contributed by atoms with E-state index in [0.29, 0.717) is 24.2 Å². The van der Waals surface area contributed by atoms with Crippen LogP contribution in [0.15, 0.2) is 16.6 Å². The molecule has 102 valence electrons. The van der Waals surface area contributed by atoms with E-state index in [1.165, 1.54) is 37.2 Å². The summed E-state index contributed by atoms with van der Waals surface area (Å²) in [6.45, 7) is 4.66. The van der Waals surface area contributed by atoms with Gasteiger partial charge in [0.2, 0.25) is 0 Å². The van der Waals surface area contributed by atoms with Crippen LogP contribution in [0.1, 0.15) is 39.0 Å². The molecule has 3 nitrogen and oxygen atoms in total. The minimum absolute atomic E-state index is 0.108. The SMILES string of the molecule is C[C@H]1C[C@H]2CC(=O)[C@@H]1C(C1=CCCN3CCC[C@@H]13)=N2. The summed E-state index contributed by atoms with van der Waals surface area (Å²) in [7, 11) is 0. The van der Waals surface area contributed by atoms with Gasteiger partial charge in [-0.25, -0.2) is 0 Å². The number of Topliss-reactive ketones (excluding diaryl/α,β-unsaturated/α-hetero) is 1. The van der Waals surface area contributed by atoms with E-state index in [9.17, 15) is 4.79 Å². The minimum atomic E-state index is 0.108. The molecule has 0 aromatic rings. The van der Waals surface area contributed by atoms with E-state index in [4.69, 9.17) is 4.99 Å². The van der Waals surface area contributed by atoms with Gasteiger partial charge >= 0.3 is 0 Å². The number of carbonyl (C=O) groups is 1. The van der Waals surface area contributed by atoms with Gasteiger partial charge in [-0.1, -0.05) is 13.0 Å². The summed E-state index contributed by atoms with van der Waals surface area (Å²) >= 11 is 0. The first-order valence-electron chi connectivity index (χ1n) is 7.79. The molecular weight excluding hydrogens is 236 g/mol. The molecule has 0 spiro atoms. The van der Waals surface area contributed by atoms with Crippen molar-refractivity contribution in [1.29, 1.82) is 0 Å². The summed E-state index contributed by atoms with van der Waals surface area (Å²) in [6, 6.07) is 0.840. The molecule has 2 bridgehead atoms. The molecule has 1 aliphatic carbocycles. The maximum absolute atomic E-state index is 12.3. The lowest BCUT2D eigenvalue weighted by atomic mass is 9.69. The summed E-state index contributed by atoms with van der Waals surface area (Å²) in [6.07, 6.45) is 7.87. The largest absolute Gasteiger partial charge is 0.299 e. The van der Waals surface area contributed by atoms with E-state index in [0.717, 1.165) is 12.8 Å². The third-order valence-corrected chi connectivity index (χ3v) is 5.41. The van der Waals surface area contributed by atoms with Gasteiger partial charge in [0, 0.05) is 19.0 Å². The second-order valence-corrected chi connectivity index (χ2v) is 6.67. The Bertz CT molecular complexity index is 479. The Morgan fingerprint density at radius 3 is 3.05 bits per heavy atom. The zero-order valence-corrected chi connectivity index (χ0v) is 11.6. The standard InChI is InChI=1S/C16H22N2O/c1-10-8-11-9-14(19)15(10)16(17-11)12-4-2-6-18-7-3-5-13(12)18/h4,10-11,13,15H,2-3,5-9H2,1H3/t10-,11-,13-,15+/m0/s1. The monoisotopic (exact) mass is 258 g/mol. The van der Waals surface area contributed by atoms with E-state index in [1.54, 1.807) is 0 Å². The summed E-state index contributed by atoms with van der Waals surface area (Å²) < 4.78 is 0. The normalized spacial score (nSPS) is 42.1. The number of aliphatic imine (C=N–C) groups is 1. The molecule has 0 unspecified atom stereocenters. The molecule has 4 atom stereocenters. The fourth-order valence-corrected chi connectivity index (χ4v) is 4.62. The molecule has 5 rings (SSSR count). The topological polar surface area (TPSA) is 32.7 Å². The van der Waals surface area contributed by atoms with Crippen molar-refractivity contribution in [2.75, 3.05) is 13.1 Å². The first-order valence-corrected chi connectivity index (χ1v) is 7.79. The third kappa shape index (κ3) is 1.74. The van der Waals surface area contributed by atoms with E-state index >= 15 is 0 Å². The van der Waals surface area contributed by atoms with Gasteiger partial charge in [-0.15, -0.1) is 0 Å². The first-order chi connectivity index (χ1) is 9.24. The highest BCUT2D eigenvalue weighted by Crippen LogP contribution is 2.40. The Hall–Kier alpha value is -0.960. The lowest BCUT2D eigenvalue weighted by molar-refractivity contribution is -0.124. The van der Waals surface area contributed by atoms with Gasteiger partial charge in [-0.3, -0.25) is 14.7 Å². The van der Waals surface area contributed by atoms with Crippen LogP contribution < -0.4 is 0 Å². The van der Waals surface area contributed by atoms with Crippen molar-refractivity contribution in [2.45, 2.75) is 51.1 Å². The fraction of sp³-hybridized carbons (Fsp3) is 0.750. The van der Waals surface area contributed by atoms with Crippen LogP contribution in [0, 0.1) is 11.8 Å². The number of carbonyl (C=O) groups excluding carboxylic acids is 1. The van der Waals surface area contributed by atoms with Gasteiger partial charge in [0.1, 0.15) is 5.78 Å². The van der Waals surface area contributed by atoms with E-state index in [2.05, 4.69) is 17.9 Å². The molecular formula is C16H22N2O. The molecule has 0 radical (unpaired) electrons. The number of hydrogen-bond donors (Lipinski definition) is 0. The minimum Gasteiger partial charge on any atom is -0.299 e. The second-order valence-electron chi connectivity index (χ2n) is 6.67. The van der Waals surface area contributed by atoms with Gasteiger partial charge in [-0.05, 0) is 43.7 Å². The summed E-state index contributed by atoms with van der Waals surface area (Å²) in [5, 5.41) is 0. The van der Waals surface area contributed by atoms with Crippen molar-refractivity contribution in [1.82, 2.24) is 4.90 Å². The van der Waals surface area contributed by atoms with Crippen molar-refractivity contribution < 1.29 is 4.79 Å². The molecule has 0 aromatic carbocycles. The molecule has 5 aliphatic rings. The van der Waals surface area contributed by atoms with Crippen LogP contribution in [0.2, 0.25) is 0 Å². The number of fused-ring (bicyclic) bond motifs is 3. The summed E-state index contributed by atoms with van der Waals surface area (Å²) in [4.78, 5) is 19.8. The zero-order chi connectivity index (χ0) is 13.0. The molecule has 3 heteroatoms. The highest BCUT2D eigenvalue weighted by Gasteiger charge is 2.45. The van der Waals surface area contributed by atoms with E-state index in [-0.39, 0.29) is 12.0 Å². The molecule has 0 N–H and O–H groups in total. The molecule has 1 saturated heterocycles. The smallest absolute Gasteiger partial charge is 0.144 e. The Kier molecular flexibility index (Phi) is 2.66. The van der Waals surface area contributed by atoms with Crippen LogP contribution in [-0.4, -0.2) is 41.6 Å². The Labute approximate surface area is 114 Å². The quantitative estimate of drug-likeness (QED) is 0.722. The van der Waals surface area contributed by atoms with Crippen LogP contribution >= 0.6 is 0 Å². The van der Waals surface area contributed by atoms with Gasteiger partial charge in [-0.2, -0.15) is 0 Å². The van der Waals surface area contributed by atoms with Gasteiger partial charge in [0.15, 0.2) is 0 Å². The Morgan fingerprint density at radius 1 is 1.37 bits per heavy atom. The number of hydrogen-bond acceptors (Lipinski definition) is 3. The van der Waals surface area contributed by atoms with Crippen LogP contribution in [0.3, 0.4) is 0 Å². The highest BCUT2D eigenvalue weighted by atomic mass is 16.1. The van der Waals surface area contributed by atoms with Crippen LogP contribution in [0.4, 0.5) is 0 Å². The van der Waals surface area contributed by atoms with E-state index in [1.807, 2.05) is 0 Å². The molecule has 0 amide bonds. The first kappa shape index (κ1) is 11.8. The van der Waals surface area contributed by atoms with E-state index < -0.39 is 0 Å². The summed E-state index contributed by atoms with van der Waals surface area (Å²) in [5.41, 5.74) is 2.59. The predicted octanol–water partition coefficient (Wildman–Crippen LogP) is 2.22. The molecule has 0 aromatic heterocycles. The van der Waals surface area contributed by atoms with Gasteiger partial charge in [0.25, 0.3) is 0 Å². The van der Waals surface area contributed by atoms with Crippen molar-refractivity contribution >= 4 is 11.5 Å². The average molecular weight is 258 g/mol. The maximum atomic E-state index is 12.3. The Morgan fingerprint density at radius 2 is 2.26 bits per heavy atom. The lowest BCUT2D eigenvalue weighted by Crippen LogP contribution is -2.48. The van der Waals surface area contributed by atoms with Crippen molar-refractivity contribution in [3.8, 4) is 0 Å². The predicted molar refractivity (Wildman–Crippen MR) is 75.4 cm³/mol. The average Bonchev–Trinajstić information content (AvgIpc) is 2.85. The molecule has 1 saturated carbocycles. The van der Waals surface area contributed by atoms with Crippen molar-refractivity contribution in [3.63, 3.8) is 0 Å². The summed E-state index contributed by atoms with van der Waals surface area (Å²) in [5.74, 6) is 1.05. The Balaban J connectivity index is 1.72. The van der Waals surface area contributed by atoms with Crippen molar-refractivity contribution in [3.05, 3.63) is 11.6 Å². The highest BCUT2D eigenvalue weighted by molar-refractivity contribution is 6.16. The fourth-order valence-electron chi connectivity index (χ4n) is 4.62. The maximum Gasteiger partial charge on any atom is 0.144 e. The molecule has 4 aliphatic heterocycles. The molecule has 19 heavy (non-hydrogen) atoms. The van der Waals surface area contributed by atoms with Gasteiger partial charge in [0.05, 0.1) is 17.7 Å². The van der Waals surface area contributed by atoms with Crippen LogP contribution in [0.25, 0.3) is 0 Å². The molecule has 2 fully saturated rings. The van der Waals surface area contributed by atoms with Crippen LogP contribution in [-0.2, 0) is 4.79 Å². The van der Waals surface area contributed by atoms with Crippen molar-refractivity contribution in [2.24, 2.45) is 16.8 Å². The van der Waals surface area contributed by atoms with Crippen LogP contribution in [0.5, 0.6) is 0 Å². The zero-order valence-electron chi connectivity index (χ0n) is 11.6.